The molecule has 3 heteroatoms. The van der Waals surface area contributed by atoms with Crippen LogP contribution in [0.15, 0.2) is 42.5 Å². The largest absolute Gasteiger partial charge is 0.389 e. The molecule has 2 aromatic carbocycles. The molecule has 0 aliphatic rings. The lowest BCUT2D eigenvalue weighted by Crippen LogP contribution is -2.18. The molecule has 2 N–H and O–H groups in total. The highest BCUT2D eigenvalue weighted by Gasteiger charge is 2.12. The first-order valence-corrected chi connectivity index (χ1v) is 6.61. The molecule has 2 aromatic rings. The molecule has 0 atom stereocenters. The normalized spacial score (nSPS) is 10.3. The Morgan fingerprint density at radius 3 is 2.37 bits per heavy atom. The molecule has 2 nitrogen and oxygen atoms in total. The van der Waals surface area contributed by atoms with Crippen molar-refractivity contribution in [2.45, 2.75) is 13.8 Å². The SMILES string of the molecule is Cc1ccc(N(C)c2ccccc2C)c(C(N)=S)c1. The summed E-state index contributed by atoms with van der Waals surface area (Å²) in [6.45, 7) is 4.14. The van der Waals surface area contributed by atoms with Crippen LogP contribution in [0.5, 0.6) is 0 Å². The summed E-state index contributed by atoms with van der Waals surface area (Å²) in [6, 6.07) is 14.4. The van der Waals surface area contributed by atoms with Gasteiger partial charge in [0.2, 0.25) is 0 Å². The van der Waals surface area contributed by atoms with Gasteiger partial charge in [-0.3, -0.25) is 0 Å². The van der Waals surface area contributed by atoms with Gasteiger partial charge in [-0.2, -0.15) is 0 Å². The molecule has 0 saturated carbocycles. The van der Waals surface area contributed by atoms with Gasteiger partial charge in [-0.15, -0.1) is 0 Å². The average molecular weight is 270 g/mol. The number of para-hydroxylation sites is 1. The van der Waals surface area contributed by atoms with Crippen LogP contribution in [0, 0.1) is 13.8 Å². The van der Waals surface area contributed by atoms with Crippen LogP contribution in [0.25, 0.3) is 0 Å². The van der Waals surface area contributed by atoms with Gasteiger partial charge in [-0.1, -0.05) is 42.0 Å². The highest BCUT2D eigenvalue weighted by atomic mass is 32.1. The Balaban J connectivity index is 2.53. The number of nitrogens with two attached hydrogens (primary N) is 1. The lowest BCUT2D eigenvalue weighted by atomic mass is 10.1. The quantitative estimate of drug-likeness (QED) is 0.862. The molecule has 0 heterocycles. The fraction of sp³-hybridized carbons (Fsp3) is 0.188. The van der Waals surface area contributed by atoms with E-state index in [0.717, 1.165) is 22.5 Å². The Morgan fingerprint density at radius 2 is 1.74 bits per heavy atom. The Hall–Kier alpha value is -1.87. The average Bonchev–Trinajstić information content (AvgIpc) is 2.38. The first-order chi connectivity index (χ1) is 9.00. The van der Waals surface area contributed by atoms with E-state index in [1.54, 1.807) is 0 Å². The Bertz CT molecular complexity index is 620. The van der Waals surface area contributed by atoms with E-state index in [4.69, 9.17) is 18.0 Å². The lowest BCUT2D eigenvalue weighted by molar-refractivity contribution is 1.18. The maximum absolute atomic E-state index is 5.84. The minimum Gasteiger partial charge on any atom is -0.389 e. The highest BCUT2D eigenvalue weighted by molar-refractivity contribution is 7.80. The molecule has 19 heavy (non-hydrogen) atoms. The van der Waals surface area contributed by atoms with Gasteiger partial charge in [-0.25, -0.2) is 0 Å². The van der Waals surface area contributed by atoms with E-state index in [1.807, 2.05) is 32.2 Å². The summed E-state index contributed by atoms with van der Waals surface area (Å²) in [5.41, 5.74) is 11.3. The first-order valence-electron chi connectivity index (χ1n) is 6.20. The van der Waals surface area contributed by atoms with Crippen LogP contribution in [0.1, 0.15) is 16.7 Å². The minimum atomic E-state index is 0.430. The van der Waals surface area contributed by atoms with Crippen molar-refractivity contribution in [3.63, 3.8) is 0 Å². The second kappa shape index (κ2) is 5.41. The van der Waals surface area contributed by atoms with E-state index in [1.165, 1.54) is 5.56 Å². The fourth-order valence-electron chi connectivity index (χ4n) is 2.21. The van der Waals surface area contributed by atoms with Gasteiger partial charge in [0.1, 0.15) is 4.99 Å². The molecule has 0 unspecified atom stereocenters. The van der Waals surface area contributed by atoms with Crippen molar-refractivity contribution < 1.29 is 0 Å². The molecule has 98 valence electrons. The van der Waals surface area contributed by atoms with Crippen LogP contribution in [0.2, 0.25) is 0 Å². The summed E-state index contributed by atoms with van der Waals surface area (Å²) < 4.78 is 0. The van der Waals surface area contributed by atoms with Crippen LogP contribution >= 0.6 is 12.2 Å². The first kappa shape index (κ1) is 13.6. The summed E-state index contributed by atoms with van der Waals surface area (Å²) >= 11 is 5.16. The van der Waals surface area contributed by atoms with Crippen molar-refractivity contribution in [3.8, 4) is 0 Å². The number of anilines is 2. The zero-order valence-corrected chi connectivity index (χ0v) is 12.3. The number of hydrogen-bond donors (Lipinski definition) is 1. The Morgan fingerprint density at radius 1 is 1.05 bits per heavy atom. The summed E-state index contributed by atoms with van der Waals surface area (Å²) in [5.74, 6) is 0. The van der Waals surface area contributed by atoms with E-state index < -0.39 is 0 Å². The van der Waals surface area contributed by atoms with Gasteiger partial charge in [0.05, 0.1) is 5.69 Å². The predicted octanol–water partition coefficient (Wildman–Crippen LogP) is 3.71. The summed E-state index contributed by atoms with van der Waals surface area (Å²) in [4.78, 5) is 2.56. The molecule has 0 radical (unpaired) electrons. The van der Waals surface area contributed by atoms with E-state index in [-0.39, 0.29) is 0 Å². The summed E-state index contributed by atoms with van der Waals surface area (Å²) in [6.07, 6.45) is 0. The maximum Gasteiger partial charge on any atom is 0.106 e. The second-order valence-corrected chi connectivity index (χ2v) is 5.17. The van der Waals surface area contributed by atoms with E-state index in [9.17, 15) is 0 Å². The number of nitrogens with zero attached hydrogens (tertiary/aromatic N) is 1. The third kappa shape index (κ3) is 2.76. The van der Waals surface area contributed by atoms with Gasteiger partial charge < -0.3 is 10.6 Å². The number of hydrogen-bond acceptors (Lipinski definition) is 2. The van der Waals surface area contributed by atoms with Crippen molar-refractivity contribution >= 4 is 28.6 Å². The molecule has 0 spiro atoms. The Kier molecular flexibility index (Phi) is 3.86. The zero-order chi connectivity index (χ0) is 14.0. The van der Waals surface area contributed by atoms with Gasteiger partial charge >= 0.3 is 0 Å². The highest BCUT2D eigenvalue weighted by Crippen LogP contribution is 2.29. The third-order valence-electron chi connectivity index (χ3n) is 3.26. The van der Waals surface area contributed by atoms with Crippen molar-refractivity contribution in [1.82, 2.24) is 0 Å². The van der Waals surface area contributed by atoms with Crippen molar-refractivity contribution in [2.24, 2.45) is 5.73 Å². The smallest absolute Gasteiger partial charge is 0.106 e. The third-order valence-corrected chi connectivity index (χ3v) is 3.48. The van der Waals surface area contributed by atoms with E-state index in [2.05, 4.69) is 36.1 Å². The van der Waals surface area contributed by atoms with Crippen molar-refractivity contribution in [3.05, 3.63) is 59.2 Å². The summed E-state index contributed by atoms with van der Waals surface area (Å²) in [5, 5.41) is 0. The predicted molar refractivity (Wildman–Crippen MR) is 86.3 cm³/mol. The molecule has 0 aliphatic heterocycles. The van der Waals surface area contributed by atoms with Crippen molar-refractivity contribution in [2.75, 3.05) is 11.9 Å². The van der Waals surface area contributed by atoms with Crippen molar-refractivity contribution in [1.29, 1.82) is 0 Å². The molecule has 2 rings (SSSR count). The molecule has 0 aromatic heterocycles. The lowest BCUT2D eigenvalue weighted by Gasteiger charge is -2.24. The number of aryl methyl sites for hydroxylation is 2. The minimum absolute atomic E-state index is 0.430. The molecule has 0 bridgehead atoms. The monoisotopic (exact) mass is 270 g/mol. The van der Waals surface area contributed by atoms with Gasteiger partial charge in [-0.05, 0) is 37.6 Å². The molecular weight excluding hydrogens is 252 g/mol. The van der Waals surface area contributed by atoms with Gasteiger partial charge in [0.15, 0.2) is 0 Å². The Labute approximate surface area is 119 Å². The van der Waals surface area contributed by atoms with Crippen LogP contribution in [0.4, 0.5) is 11.4 Å². The molecular formula is C16H18N2S. The molecule has 0 fully saturated rings. The zero-order valence-electron chi connectivity index (χ0n) is 11.5. The number of benzene rings is 2. The van der Waals surface area contributed by atoms with Gasteiger partial charge in [0.25, 0.3) is 0 Å². The summed E-state index contributed by atoms with van der Waals surface area (Å²) in [7, 11) is 2.04. The number of rotatable bonds is 3. The van der Waals surface area contributed by atoms with Crippen LogP contribution in [-0.4, -0.2) is 12.0 Å². The van der Waals surface area contributed by atoms with Crippen LogP contribution in [0.3, 0.4) is 0 Å². The topological polar surface area (TPSA) is 29.3 Å². The number of thiocarbonyl (C=S) groups is 1. The van der Waals surface area contributed by atoms with Crippen LogP contribution in [-0.2, 0) is 0 Å². The fourth-order valence-corrected chi connectivity index (χ4v) is 2.37. The van der Waals surface area contributed by atoms with E-state index in [0.29, 0.717) is 4.99 Å². The maximum atomic E-state index is 5.84. The molecule has 0 saturated heterocycles. The van der Waals surface area contributed by atoms with E-state index >= 15 is 0 Å². The molecule has 0 aliphatic carbocycles. The molecule has 0 amide bonds. The van der Waals surface area contributed by atoms with Gasteiger partial charge in [0, 0.05) is 18.3 Å². The van der Waals surface area contributed by atoms with Crippen LogP contribution < -0.4 is 10.6 Å². The second-order valence-electron chi connectivity index (χ2n) is 4.73. The standard InChI is InChI=1S/C16H18N2S/c1-11-8-9-15(13(10-11)16(17)19)18(3)14-7-5-4-6-12(14)2/h4-10H,1-3H3,(H2,17,19).